The highest BCUT2D eigenvalue weighted by Gasteiger charge is 2.29. The van der Waals surface area contributed by atoms with Gasteiger partial charge in [0.15, 0.2) is 28.1 Å². The van der Waals surface area contributed by atoms with Crippen LogP contribution in [0.4, 0.5) is 0 Å². The number of benzene rings is 3. The number of hydrogen-bond donors (Lipinski definition) is 0. The van der Waals surface area contributed by atoms with Gasteiger partial charge in [0.2, 0.25) is 11.6 Å². The molecule has 1 heterocycles. The van der Waals surface area contributed by atoms with Gasteiger partial charge in [-0.05, 0) is 48.9 Å². The zero-order chi connectivity index (χ0) is 24.1. The van der Waals surface area contributed by atoms with Gasteiger partial charge in [0.25, 0.3) is 0 Å². The molecule has 34 heavy (non-hydrogen) atoms. The van der Waals surface area contributed by atoms with E-state index in [4.69, 9.17) is 28.7 Å². The first-order valence-corrected chi connectivity index (χ1v) is 11.9. The van der Waals surface area contributed by atoms with Crippen LogP contribution in [0.2, 0.25) is 0 Å². The van der Waals surface area contributed by atoms with Crippen molar-refractivity contribution in [2.75, 3.05) is 34.7 Å². The molecule has 0 unspecified atom stereocenters. The molecule has 0 saturated heterocycles. The predicted molar refractivity (Wildman–Crippen MR) is 130 cm³/mol. The molecule has 0 fully saturated rings. The maximum atomic E-state index is 13.3. The maximum absolute atomic E-state index is 13.3. The Bertz CT molecular complexity index is 1140. The molecule has 0 amide bonds. The van der Waals surface area contributed by atoms with Crippen LogP contribution in [-0.4, -0.2) is 45.2 Å². The highest BCUT2D eigenvalue weighted by molar-refractivity contribution is 7.91. The molecule has 2 atom stereocenters. The first-order valence-electron chi connectivity index (χ1n) is 10.7. The lowest BCUT2D eigenvalue weighted by atomic mass is 10.1. The van der Waals surface area contributed by atoms with E-state index < -0.39 is 11.2 Å². The number of aliphatic imine (C=N–C) groups is 1. The van der Waals surface area contributed by atoms with E-state index in [1.165, 1.54) is 0 Å². The Kier molecular flexibility index (Phi) is 7.62. The molecule has 0 saturated carbocycles. The van der Waals surface area contributed by atoms with Crippen molar-refractivity contribution in [1.29, 1.82) is 0 Å². The Morgan fingerprint density at radius 1 is 1.00 bits per heavy atom. The zero-order valence-corrected chi connectivity index (χ0v) is 20.4. The van der Waals surface area contributed by atoms with Crippen molar-refractivity contribution in [1.82, 2.24) is 0 Å². The van der Waals surface area contributed by atoms with E-state index in [0.29, 0.717) is 40.2 Å². The molecule has 1 aliphatic heterocycles. The third kappa shape index (κ3) is 4.99. The summed E-state index contributed by atoms with van der Waals surface area (Å²) in [5.74, 6) is 1.93. The van der Waals surface area contributed by atoms with Gasteiger partial charge in [-0.2, -0.15) is 0 Å². The van der Waals surface area contributed by atoms with Gasteiger partial charge in [0.05, 0.1) is 19.8 Å². The van der Waals surface area contributed by atoms with Gasteiger partial charge < -0.3 is 28.2 Å². The van der Waals surface area contributed by atoms with Crippen molar-refractivity contribution in [3.05, 3.63) is 77.4 Å². The predicted octanol–water partition coefficient (Wildman–Crippen LogP) is 4.68. The van der Waals surface area contributed by atoms with Gasteiger partial charge in [-0.1, -0.05) is 29.8 Å². The lowest BCUT2D eigenvalue weighted by molar-refractivity contribution is 0.0471. The van der Waals surface area contributed by atoms with E-state index >= 15 is 0 Å². The topological polar surface area (TPSA) is 81.6 Å². The van der Waals surface area contributed by atoms with E-state index in [1.54, 1.807) is 21.3 Å². The number of hydrogen-bond acceptors (Lipinski definition) is 7. The largest absolute Gasteiger partial charge is 0.606 e. The summed E-state index contributed by atoms with van der Waals surface area (Å²) in [6.07, 6.45) is 0. The van der Waals surface area contributed by atoms with E-state index in [-0.39, 0.29) is 12.8 Å². The van der Waals surface area contributed by atoms with Crippen LogP contribution in [-0.2, 0) is 20.6 Å². The molecule has 8 heteroatoms. The van der Waals surface area contributed by atoms with Gasteiger partial charge in [0.1, 0.15) is 12.6 Å². The minimum Gasteiger partial charge on any atom is -0.606 e. The van der Waals surface area contributed by atoms with E-state index in [9.17, 15) is 4.55 Å². The Balaban J connectivity index is 1.66. The normalized spacial score (nSPS) is 15.9. The molecular formula is C26H27NO6S. The SMILES string of the molecule is COCOc1c(OC)cc([C@H]2COC(c3ccccc3[S@@+]([O-])c3ccc(C)cc3)=N2)cc1OC. The molecule has 3 aromatic rings. The molecule has 0 bridgehead atoms. The quantitative estimate of drug-likeness (QED) is 0.326. The Morgan fingerprint density at radius 3 is 2.32 bits per heavy atom. The standard InChI is InChI=1S/C26H27NO6S/c1-17-9-11-19(12-10-17)34(28)24-8-6-5-7-20(24)26-27-21(15-32-26)18-13-22(30-3)25(33-16-29-2)23(14-18)31-4/h5-14,21H,15-16H2,1-4H3/t21-,34+/m1/s1. The number of methoxy groups -OCH3 is 3. The lowest BCUT2D eigenvalue weighted by Crippen LogP contribution is -2.11. The van der Waals surface area contributed by atoms with Crippen LogP contribution in [0.5, 0.6) is 17.2 Å². The van der Waals surface area contributed by atoms with Gasteiger partial charge >= 0.3 is 0 Å². The number of rotatable bonds is 9. The van der Waals surface area contributed by atoms with Gasteiger partial charge in [-0.3, -0.25) is 0 Å². The molecule has 3 aromatic carbocycles. The second kappa shape index (κ2) is 10.8. The third-order valence-corrected chi connectivity index (χ3v) is 6.85. The highest BCUT2D eigenvalue weighted by Crippen LogP contribution is 2.41. The Labute approximate surface area is 202 Å². The van der Waals surface area contributed by atoms with Crippen LogP contribution < -0.4 is 14.2 Å². The van der Waals surface area contributed by atoms with Crippen LogP contribution in [0.3, 0.4) is 0 Å². The number of aryl methyl sites for hydroxylation is 1. The monoisotopic (exact) mass is 481 g/mol. The Morgan fingerprint density at radius 2 is 1.68 bits per heavy atom. The van der Waals surface area contributed by atoms with E-state index in [0.717, 1.165) is 16.0 Å². The summed E-state index contributed by atoms with van der Waals surface area (Å²) in [5, 5.41) is 0. The van der Waals surface area contributed by atoms with Crippen molar-refractivity contribution >= 4 is 17.1 Å². The van der Waals surface area contributed by atoms with Crippen molar-refractivity contribution in [3.8, 4) is 17.2 Å². The van der Waals surface area contributed by atoms with E-state index in [2.05, 4.69) is 0 Å². The average molecular weight is 482 g/mol. The summed E-state index contributed by atoms with van der Waals surface area (Å²) in [4.78, 5) is 6.19. The highest BCUT2D eigenvalue weighted by atomic mass is 32.2. The number of ether oxygens (including phenoxy) is 5. The van der Waals surface area contributed by atoms with Gasteiger partial charge in [0, 0.05) is 18.3 Å². The molecule has 0 aliphatic carbocycles. The molecule has 7 nitrogen and oxygen atoms in total. The van der Waals surface area contributed by atoms with Crippen LogP contribution in [0.1, 0.15) is 22.7 Å². The van der Waals surface area contributed by atoms with Crippen LogP contribution in [0.15, 0.2) is 75.4 Å². The molecule has 0 aromatic heterocycles. The zero-order valence-electron chi connectivity index (χ0n) is 19.6. The second-order valence-electron chi connectivity index (χ2n) is 7.64. The fraction of sp³-hybridized carbons (Fsp3) is 0.269. The second-order valence-corrected chi connectivity index (χ2v) is 9.09. The molecule has 0 radical (unpaired) electrons. The van der Waals surface area contributed by atoms with Crippen molar-refractivity contribution in [2.24, 2.45) is 4.99 Å². The first kappa shape index (κ1) is 23.9. The summed E-state index contributed by atoms with van der Waals surface area (Å²) in [6.45, 7) is 2.41. The van der Waals surface area contributed by atoms with E-state index in [1.807, 2.05) is 67.6 Å². The van der Waals surface area contributed by atoms with Gasteiger partial charge in [-0.25, -0.2) is 4.99 Å². The fourth-order valence-corrected chi connectivity index (χ4v) is 4.83. The van der Waals surface area contributed by atoms with Gasteiger partial charge in [-0.15, -0.1) is 0 Å². The summed E-state index contributed by atoms with van der Waals surface area (Å²) >= 11 is -1.36. The lowest BCUT2D eigenvalue weighted by Gasteiger charge is -2.16. The summed E-state index contributed by atoms with van der Waals surface area (Å²) in [5.41, 5.74) is 2.68. The summed E-state index contributed by atoms with van der Waals surface area (Å²) in [6, 6.07) is 18.6. The summed E-state index contributed by atoms with van der Waals surface area (Å²) in [7, 11) is 4.67. The fourth-order valence-electron chi connectivity index (χ4n) is 3.64. The molecule has 178 valence electrons. The Hall–Kier alpha value is -3.20. The minimum atomic E-state index is -1.36. The molecule has 0 N–H and O–H groups in total. The number of nitrogens with zero attached hydrogens (tertiary/aromatic N) is 1. The van der Waals surface area contributed by atoms with Crippen LogP contribution >= 0.6 is 0 Å². The van der Waals surface area contributed by atoms with Crippen molar-refractivity contribution in [2.45, 2.75) is 22.8 Å². The van der Waals surface area contributed by atoms with Crippen molar-refractivity contribution < 1.29 is 28.2 Å². The van der Waals surface area contributed by atoms with Crippen molar-refractivity contribution in [3.63, 3.8) is 0 Å². The summed E-state index contributed by atoms with van der Waals surface area (Å²) < 4.78 is 41.0. The first-order chi connectivity index (χ1) is 16.5. The molecular weight excluding hydrogens is 454 g/mol. The molecule has 1 aliphatic rings. The maximum Gasteiger partial charge on any atom is 0.222 e. The van der Waals surface area contributed by atoms with Crippen LogP contribution in [0, 0.1) is 6.92 Å². The smallest absolute Gasteiger partial charge is 0.222 e. The third-order valence-electron chi connectivity index (χ3n) is 5.39. The average Bonchev–Trinajstić information content (AvgIpc) is 3.37. The molecule has 4 rings (SSSR count). The molecule has 0 spiro atoms. The minimum absolute atomic E-state index is 0.0653. The van der Waals surface area contributed by atoms with Crippen LogP contribution in [0.25, 0.3) is 0 Å².